The molecule has 2 aliphatic heterocycles. The van der Waals surface area contributed by atoms with Gasteiger partial charge in [0.05, 0.1) is 6.54 Å². The molecule has 0 unspecified atom stereocenters. The van der Waals surface area contributed by atoms with Crippen LogP contribution in [-0.2, 0) is 19.3 Å². The monoisotopic (exact) mass is 372 g/mol. The molecule has 4 rings (SSSR count). The maximum absolute atomic E-state index is 12.9. The Hall–Kier alpha value is -2.14. The number of rotatable bonds is 3. The van der Waals surface area contributed by atoms with E-state index >= 15 is 0 Å². The fourth-order valence-corrected chi connectivity index (χ4v) is 3.79. The minimum Gasteiger partial charge on any atom is -0.383 e. The van der Waals surface area contributed by atoms with Gasteiger partial charge in [0, 0.05) is 37.7 Å². The predicted molar refractivity (Wildman–Crippen MR) is 83.4 cm³/mol. The molecule has 2 aromatic rings. The first kappa shape index (κ1) is 17.3. The Labute approximate surface area is 146 Å². The van der Waals surface area contributed by atoms with Crippen molar-refractivity contribution in [3.05, 3.63) is 33.8 Å². The zero-order valence-corrected chi connectivity index (χ0v) is 13.9. The Bertz CT molecular complexity index is 826. The molecule has 2 N–H and O–H groups in total. The molecule has 1 fully saturated rings. The first-order valence-electron chi connectivity index (χ1n) is 8.53. The van der Waals surface area contributed by atoms with Gasteiger partial charge in [-0.05, 0) is 19.4 Å². The van der Waals surface area contributed by atoms with Crippen molar-refractivity contribution in [1.29, 1.82) is 0 Å². The number of H-pyrrole nitrogens is 1. The Kier molecular flexibility index (Phi) is 4.35. The van der Waals surface area contributed by atoms with Crippen molar-refractivity contribution in [1.82, 2.24) is 30.1 Å². The SMILES string of the molecule is O=c1cc([C@H]2CCN[C@H](CN3CCn4c(nnc4C(F)(F)F)C3)C2)o[nH]1. The number of halogens is 3. The average Bonchev–Trinajstić information content (AvgIpc) is 3.20. The highest BCUT2D eigenvalue weighted by molar-refractivity contribution is 5.06. The van der Waals surface area contributed by atoms with E-state index in [4.69, 9.17) is 4.52 Å². The minimum absolute atomic E-state index is 0.158. The molecular formula is C15H19F3N6O2. The molecule has 26 heavy (non-hydrogen) atoms. The number of piperidine rings is 1. The predicted octanol–water partition coefficient (Wildman–Crippen LogP) is 0.930. The first-order chi connectivity index (χ1) is 12.4. The lowest BCUT2D eigenvalue weighted by atomic mass is 9.90. The molecule has 0 spiro atoms. The summed E-state index contributed by atoms with van der Waals surface area (Å²) in [5, 5.41) is 12.8. The van der Waals surface area contributed by atoms with E-state index in [1.807, 2.05) is 0 Å². The fourth-order valence-electron chi connectivity index (χ4n) is 3.79. The van der Waals surface area contributed by atoms with Crippen LogP contribution in [0.5, 0.6) is 0 Å². The van der Waals surface area contributed by atoms with Crippen LogP contribution < -0.4 is 10.9 Å². The highest BCUT2D eigenvalue weighted by Crippen LogP contribution is 2.30. The highest BCUT2D eigenvalue weighted by atomic mass is 19.4. The van der Waals surface area contributed by atoms with E-state index < -0.39 is 12.0 Å². The van der Waals surface area contributed by atoms with Crippen LogP contribution in [-0.4, -0.2) is 50.5 Å². The van der Waals surface area contributed by atoms with Gasteiger partial charge < -0.3 is 14.4 Å². The molecule has 142 valence electrons. The van der Waals surface area contributed by atoms with E-state index in [9.17, 15) is 18.0 Å². The van der Waals surface area contributed by atoms with E-state index in [0.29, 0.717) is 31.2 Å². The number of aromatic nitrogens is 4. The summed E-state index contributed by atoms with van der Waals surface area (Å²) in [6, 6.07) is 1.65. The van der Waals surface area contributed by atoms with Gasteiger partial charge >= 0.3 is 6.18 Å². The smallest absolute Gasteiger partial charge is 0.383 e. The molecule has 2 aromatic heterocycles. The van der Waals surface area contributed by atoms with Crippen LogP contribution in [0, 0.1) is 0 Å². The van der Waals surface area contributed by atoms with Crippen LogP contribution in [0.1, 0.15) is 36.2 Å². The summed E-state index contributed by atoms with van der Waals surface area (Å²) in [7, 11) is 0. The third-order valence-corrected chi connectivity index (χ3v) is 5.00. The van der Waals surface area contributed by atoms with Gasteiger partial charge in [-0.2, -0.15) is 18.3 Å². The van der Waals surface area contributed by atoms with Crippen LogP contribution in [0.4, 0.5) is 13.2 Å². The highest BCUT2D eigenvalue weighted by Gasteiger charge is 2.39. The molecule has 0 aromatic carbocycles. The lowest BCUT2D eigenvalue weighted by Gasteiger charge is -2.35. The first-order valence-corrected chi connectivity index (χ1v) is 8.53. The maximum atomic E-state index is 12.9. The standard InChI is InChI=1S/C15H19F3N6O2/c16-15(17,18)14-21-20-12-8-23(3-4-24(12)14)7-10-5-9(1-2-19-10)11-6-13(25)22-26-11/h6,9-10,19H,1-5,7-8H2,(H,22,25)/t9-,10-/m0/s1. The fraction of sp³-hybridized carbons (Fsp3) is 0.667. The molecule has 4 heterocycles. The van der Waals surface area contributed by atoms with Crippen LogP contribution in [0.2, 0.25) is 0 Å². The van der Waals surface area contributed by atoms with Crippen LogP contribution >= 0.6 is 0 Å². The third-order valence-electron chi connectivity index (χ3n) is 5.00. The third kappa shape index (κ3) is 3.40. The van der Waals surface area contributed by atoms with Crippen molar-refractivity contribution in [2.75, 3.05) is 19.6 Å². The Balaban J connectivity index is 1.39. The summed E-state index contributed by atoms with van der Waals surface area (Å²) in [6.07, 6.45) is -2.80. The van der Waals surface area contributed by atoms with Gasteiger partial charge in [0.1, 0.15) is 11.6 Å². The molecule has 0 radical (unpaired) electrons. The number of alkyl halides is 3. The summed E-state index contributed by atoms with van der Waals surface area (Å²) in [6.45, 7) is 2.56. The molecule has 8 nitrogen and oxygen atoms in total. The van der Waals surface area contributed by atoms with Crippen molar-refractivity contribution < 1.29 is 17.7 Å². The van der Waals surface area contributed by atoms with Crippen LogP contribution in [0.3, 0.4) is 0 Å². The molecule has 1 saturated heterocycles. The van der Waals surface area contributed by atoms with Gasteiger partial charge in [-0.3, -0.25) is 9.69 Å². The molecule has 0 amide bonds. The normalized spacial score (nSPS) is 24.6. The van der Waals surface area contributed by atoms with E-state index in [-0.39, 0.29) is 24.1 Å². The summed E-state index contributed by atoms with van der Waals surface area (Å²) in [4.78, 5) is 13.3. The lowest BCUT2D eigenvalue weighted by Crippen LogP contribution is -2.47. The van der Waals surface area contributed by atoms with Crippen LogP contribution in [0.15, 0.2) is 15.4 Å². The van der Waals surface area contributed by atoms with Gasteiger partial charge in [-0.1, -0.05) is 0 Å². The molecule has 11 heteroatoms. The Morgan fingerprint density at radius 2 is 2.15 bits per heavy atom. The Morgan fingerprint density at radius 1 is 1.31 bits per heavy atom. The van der Waals surface area contributed by atoms with E-state index in [2.05, 4.69) is 25.6 Å². The number of aromatic amines is 1. The molecule has 2 atom stereocenters. The Morgan fingerprint density at radius 3 is 2.88 bits per heavy atom. The largest absolute Gasteiger partial charge is 0.451 e. The number of nitrogens with zero attached hydrogens (tertiary/aromatic N) is 4. The molecular weight excluding hydrogens is 353 g/mol. The second kappa shape index (κ2) is 6.54. The minimum atomic E-state index is -4.48. The van der Waals surface area contributed by atoms with Crippen molar-refractivity contribution in [3.63, 3.8) is 0 Å². The molecule has 0 saturated carbocycles. The van der Waals surface area contributed by atoms with Gasteiger partial charge in [-0.25, -0.2) is 0 Å². The topological polar surface area (TPSA) is 92.0 Å². The zero-order chi connectivity index (χ0) is 18.3. The number of nitrogens with one attached hydrogen (secondary N) is 2. The van der Waals surface area contributed by atoms with E-state index in [1.54, 1.807) is 0 Å². The van der Waals surface area contributed by atoms with Gasteiger partial charge in [-0.15, -0.1) is 10.2 Å². The van der Waals surface area contributed by atoms with Crippen molar-refractivity contribution in [2.45, 2.75) is 44.1 Å². The van der Waals surface area contributed by atoms with Gasteiger partial charge in [0.25, 0.3) is 5.56 Å². The summed E-state index contributed by atoms with van der Waals surface area (Å²) < 4.78 is 45.1. The summed E-state index contributed by atoms with van der Waals surface area (Å²) in [5.74, 6) is 0.234. The molecule has 0 bridgehead atoms. The van der Waals surface area contributed by atoms with E-state index in [0.717, 1.165) is 24.0 Å². The summed E-state index contributed by atoms with van der Waals surface area (Å²) >= 11 is 0. The lowest BCUT2D eigenvalue weighted by molar-refractivity contribution is -0.148. The summed E-state index contributed by atoms with van der Waals surface area (Å²) in [5.41, 5.74) is -0.245. The number of fused-ring (bicyclic) bond motifs is 1. The van der Waals surface area contributed by atoms with Crippen molar-refractivity contribution in [3.8, 4) is 0 Å². The number of hydrogen-bond acceptors (Lipinski definition) is 6. The van der Waals surface area contributed by atoms with Gasteiger partial charge in [0.15, 0.2) is 0 Å². The quantitative estimate of drug-likeness (QED) is 0.833. The zero-order valence-electron chi connectivity index (χ0n) is 13.9. The van der Waals surface area contributed by atoms with Gasteiger partial charge in [0.2, 0.25) is 5.82 Å². The van der Waals surface area contributed by atoms with Crippen molar-refractivity contribution in [2.24, 2.45) is 0 Å². The average molecular weight is 372 g/mol. The van der Waals surface area contributed by atoms with Crippen LogP contribution in [0.25, 0.3) is 0 Å². The number of hydrogen-bond donors (Lipinski definition) is 2. The second-order valence-electron chi connectivity index (χ2n) is 6.81. The van der Waals surface area contributed by atoms with E-state index in [1.165, 1.54) is 6.07 Å². The molecule has 2 aliphatic rings. The second-order valence-corrected chi connectivity index (χ2v) is 6.81. The van der Waals surface area contributed by atoms with Crippen molar-refractivity contribution >= 4 is 0 Å². The maximum Gasteiger partial charge on any atom is 0.451 e. The molecule has 0 aliphatic carbocycles.